The van der Waals surface area contributed by atoms with Crippen LogP contribution in [-0.4, -0.2) is 9.78 Å². The summed E-state index contributed by atoms with van der Waals surface area (Å²) in [5.41, 5.74) is 6.03. The molecular formula is C15H12F3N3. The Labute approximate surface area is 118 Å². The van der Waals surface area contributed by atoms with Crippen molar-refractivity contribution >= 4 is 16.7 Å². The van der Waals surface area contributed by atoms with Crippen LogP contribution >= 0.6 is 0 Å². The molecule has 0 spiro atoms. The summed E-state index contributed by atoms with van der Waals surface area (Å²) in [7, 11) is 0. The molecule has 0 fully saturated rings. The van der Waals surface area contributed by atoms with Crippen LogP contribution in [0.3, 0.4) is 0 Å². The molecule has 1 aromatic heterocycles. The Kier molecular flexibility index (Phi) is 3.08. The van der Waals surface area contributed by atoms with E-state index in [9.17, 15) is 13.2 Å². The lowest BCUT2D eigenvalue weighted by atomic mass is 10.1. The van der Waals surface area contributed by atoms with Gasteiger partial charge in [0.1, 0.15) is 0 Å². The molecule has 108 valence electrons. The van der Waals surface area contributed by atoms with E-state index in [0.29, 0.717) is 11.3 Å². The van der Waals surface area contributed by atoms with Gasteiger partial charge in [0.25, 0.3) is 0 Å². The van der Waals surface area contributed by atoms with Gasteiger partial charge in [-0.2, -0.15) is 18.3 Å². The van der Waals surface area contributed by atoms with Crippen molar-refractivity contribution < 1.29 is 13.2 Å². The second-order valence-corrected chi connectivity index (χ2v) is 4.71. The van der Waals surface area contributed by atoms with E-state index in [0.717, 1.165) is 11.5 Å². The van der Waals surface area contributed by atoms with E-state index >= 15 is 0 Å². The topological polar surface area (TPSA) is 43.8 Å². The number of anilines is 1. The van der Waals surface area contributed by atoms with Crippen molar-refractivity contribution in [3.63, 3.8) is 0 Å². The minimum atomic E-state index is -4.38. The summed E-state index contributed by atoms with van der Waals surface area (Å²) in [6.45, 7) is 0.0212. The van der Waals surface area contributed by atoms with E-state index < -0.39 is 11.7 Å². The summed E-state index contributed by atoms with van der Waals surface area (Å²) in [5, 5.41) is 4.87. The standard InChI is InChI=1S/C15H12F3N3/c16-15(17,18)12-7-3-1-5-10(12)9-21-13-8-4-2-6-11(13)14(19)20-21/h1-8H,9H2,(H2,19,20). The number of fused-ring (bicyclic) bond motifs is 1. The first-order chi connectivity index (χ1) is 9.97. The molecule has 6 heteroatoms. The van der Waals surface area contributed by atoms with Gasteiger partial charge in [0.2, 0.25) is 0 Å². The Morgan fingerprint density at radius 2 is 1.67 bits per heavy atom. The molecule has 0 saturated carbocycles. The van der Waals surface area contributed by atoms with E-state index in [1.165, 1.54) is 16.8 Å². The third kappa shape index (κ3) is 2.44. The van der Waals surface area contributed by atoms with E-state index in [1.54, 1.807) is 24.3 Å². The second kappa shape index (κ2) is 4.80. The van der Waals surface area contributed by atoms with Crippen molar-refractivity contribution in [3.05, 3.63) is 59.7 Å². The van der Waals surface area contributed by atoms with Crippen LogP contribution in [0.15, 0.2) is 48.5 Å². The van der Waals surface area contributed by atoms with Crippen molar-refractivity contribution in [2.75, 3.05) is 5.73 Å². The number of para-hydroxylation sites is 1. The Balaban J connectivity index is 2.08. The van der Waals surface area contributed by atoms with Gasteiger partial charge in [-0.1, -0.05) is 30.3 Å². The number of nitrogens with two attached hydrogens (primary N) is 1. The van der Waals surface area contributed by atoms with Crippen LogP contribution in [0.2, 0.25) is 0 Å². The molecule has 3 rings (SSSR count). The van der Waals surface area contributed by atoms with Crippen molar-refractivity contribution in [2.24, 2.45) is 0 Å². The predicted octanol–water partition coefficient (Wildman–Crippen LogP) is 3.69. The average Bonchev–Trinajstić information content (AvgIpc) is 2.76. The van der Waals surface area contributed by atoms with Crippen molar-refractivity contribution in [2.45, 2.75) is 12.7 Å². The molecule has 0 saturated heterocycles. The van der Waals surface area contributed by atoms with Crippen LogP contribution in [0.25, 0.3) is 10.9 Å². The highest BCUT2D eigenvalue weighted by Crippen LogP contribution is 2.32. The molecule has 0 aliphatic heterocycles. The molecule has 21 heavy (non-hydrogen) atoms. The fraction of sp³-hybridized carbons (Fsp3) is 0.133. The van der Waals surface area contributed by atoms with Crippen LogP contribution in [0.5, 0.6) is 0 Å². The Hall–Kier alpha value is -2.50. The summed E-state index contributed by atoms with van der Waals surface area (Å²) in [4.78, 5) is 0. The lowest BCUT2D eigenvalue weighted by molar-refractivity contribution is -0.138. The molecule has 0 amide bonds. The number of alkyl halides is 3. The fourth-order valence-electron chi connectivity index (χ4n) is 2.37. The van der Waals surface area contributed by atoms with Gasteiger partial charge in [0, 0.05) is 5.39 Å². The number of nitrogen functional groups attached to an aromatic ring is 1. The highest BCUT2D eigenvalue weighted by Gasteiger charge is 2.33. The quantitative estimate of drug-likeness (QED) is 0.782. The minimum absolute atomic E-state index is 0.0212. The lowest BCUT2D eigenvalue weighted by Crippen LogP contribution is -2.12. The smallest absolute Gasteiger partial charge is 0.382 e. The molecule has 3 aromatic rings. The first-order valence-electron chi connectivity index (χ1n) is 6.33. The van der Waals surface area contributed by atoms with Gasteiger partial charge >= 0.3 is 6.18 Å². The first-order valence-corrected chi connectivity index (χ1v) is 6.33. The van der Waals surface area contributed by atoms with Crippen LogP contribution in [0, 0.1) is 0 Å². The molecule has 0 atom stereocenters. The van der Waals surface area contributed by atoms with Crippen LogP contribution in [0.1, 0.15) is 11.1 Å². The summed E-state index contributed by atoms with van der Waals surface area (Å²) in [6, 6.07) is 12.7. The Morgan fingerprint density at radius 1 is 1.00 bits per heavy atom. The molecule has 2 N–H and O–H groups in total. The van der Waals surface area contributed by atoms with Gasteiger partial charge in [-0.25, -0.2) is 0 Å². The van der Waals surface area contributed by atoms with Gasteiger partial charge < -0.3 is 5.73 Å². The zero-order chi connectivity index (χ0) is 15.0. The Bertz CT molecular complexity index is 790. The summed E-state index contributed by atoms with van der Waals surface area (Å²) in [6.07, 6.45) is -4.38. The third-order valence-corrected chi connectivity index (χ3v) is 3.33. The summed E-state index contributed by atoms with van der Waals surface area (Å²) < 4.78 is 40.5. The number of hydrogen-bond acceptors (Lipinski definition) is 2. The maximum Gasteiger partial charge on any atom is 0.416 e. The van der Waals surface area contributed by atoms with Gasteiger partial charge in [-0.05, 0) is 23.8 Å². The molecule has 3 nitrogen and oxygen atoms in total. The van der Waals surface area contributed by atoms with E-state index in [1.807, 2.05) is 6.07 Å². The molecule has 0 aliphatic carbocycles. The zero-order valence-corrected chi connectivity index (χ0v) is 10.9. The normalized spacial score (nSPS) is 12.0. The monoisotopic (exact) mass is 291 g/mol. The molecule has 0 unspecified atom stereocenters. The second-order valence-electron chi connectivity index (χ2n) is 4.71. The molecule has 0 bridgehead atoms. The fourth-order valence-corrected chi connectivity index (χ4v) is 2.37. The number of benzene rings is 2. The molecular weight excluding hydrogens is 279 g/mol. The van der Waals surface area contributed by atoms with Crippen molar-refractivity contribution in [3.8, 4) is 0 Å². The molecule has 0 aliphatic rings. The maximum atomic E-state index is 13.0. The Morgan fingerprint density at radius 3 is 2.43 bits per heavy atom. The maximum absolute atomic E-state index is 13.0. The highest BCUT2D eigenvalue weighted by atomic mass is 19.4. The van der Waals surface area contributed by atoms with Crippen molar-refractivity contribution in [1.82, 2.24) is 9.78 Å². The average molecular weight is 291 g/mol. The number of aromatic nitrogens is 2. The lowest BCUT2D eigenvalue weighted by Gasteiger charge is -2.13. The number of hydrogen-bond donors (Lipinski definition) is 1. The number of nitrogens with zero attached hydrogens (tertiary/aromatic N) is 2. The molecule has 0 radical (unpaired) electrons. The van der Waals surface area contributed by atoms with Crippen LogP contribution < -0.4 is 5.73 Å². The summed E-state index contributed by atoms with van der Waals surface area (Å²) in [5.74, 6) is 0.315. The van der Waals surface area contributed by atoms with E-state index in [-0.39, 0.29) is 12.1 Å². The number of halogens is 3. The van der Waals surface area contributed by atoms with Gasteiger partial charge in [-0.3, -0.25) is 4.68 Å². The van der Waals surface area contributed by atoms with Crippen molar-refractivity contribution in [1.29, 1.82) is 0 Å². The third-order valence-electron chi connectivity index (χ3n) is 3.33. The predicted molar refractivity (Wildman–Crippen MR) is 74.7 cm³/mol. The van der Waals surface area contributed by atoms with Gasteiger partial charge in [-0.15, -0.1) is 0 Å². The molecule has 2 aromatic carbocycles. The van der Waals surface area contributed by atoms with Crippen LogP contribution in [-0.2, 0) is 12.7 Å². The largest absolute Gasteiger partial charge is 0.416 e. The number of rotatable bonds is 2. The first kappa shape index (κ1) is 13.5. The molecule has 1 heterocycles. The minimum Gasteiger partial charge on any atom is -0.382 e. The van der Waals surface area contributed by atoms with Gasteiger partial charge in [0.15, 0.2) is 5.82 Å². The highest BCUT2D eigenvalue weighted by molar-refractivity contribution is 5.89. The van der Waals surface area contributed by atoms with Crippen LogP contribution in [0.4, 0.5) is 19.0 Å². The van der Waals surface area contributed by atoms with E-state index in [2.05, 4.69) is 5.10 Å². The summed E-state index contributed by atoms with van der Waals surface area (Å²) >= 11 is 0. The zero-order valence-electron chi connectivity index (χ0n) is 10.9. The van der Waals surface area contributed by atoms with Gasteiger partial charge in [0.05, 0.1) is 17.6 Å². The SMILES string of the molecule is Nc1nn(Cc2ccccc2C(F)(F)F)c2ccccc12. The van der Waals surface area contributed by atoms with E-state index in [4.69, 9.17) is 5.73 Å².